The van der Waals surface area contributed by atoms with Gasteiger partial charge in [-0.05, 0) is 61.0 Å². The first-order chi connectivity index (χ1) is 14.4. The van der Waals surface area contributed by atoms with Gasteiger partial charge in [0.25, 0.3) is 11.1 Å². The van der Waals surface area contributed by atoms with Gasteiger partial charge in [0.05, 0.1) is 11.5 Å². The van der Waals surface area contributed by atoms with Crippen LogP contribution in [0, 0.1) is 0 Å². The molecule has 0 atom stereocenters. The van der Waals surface area contributed by atoms with Crippen LogP contribution >= 0.6 is 35.0 Å². The molecule has 2 aromatic carbocycles. The van der Waals surface area contributed by atoms with Crippen molar-refractivity contribution in [2.45, 2.75) is 26.9 Å². The van der Waals surface area contributed by atoms with Crippen molar-refractivity contribution in [3.63, 3.8) is 0 Å². The molecule has 0 unspecified atom stereocenters. The fourth-order valence-corrected chi connectivity index (χ4v) is 4.19. The average Bonchev–Trinajstić information content (AvgIpc) is 2.96. The van der Waals surface area contributed by atoms with Gasteiger partial charge in [0, 0.05) is 22.2 Å². The third-order valence-electron chi connectivity index (χ3n) is 4.28. The number of hydrogen-bond donors (Lipinski definition) is 0. The van der Waals surface area contributed by atoms with Crippen LogP contribution in [0.2, 0.25) is 10.0 Å². The van der Waals surface area contributed by atoms with E-state index in [-0.39, 0.29) is 17.8 Å². The monoisotopic (exact) mass is 465 g/mol. The Balaban J connectivity index is 1.79. The third-order valence-corrected chi connectivity index (χ3v) is 5.78. The lowest BCUT2D eigenvalue weighted by molar-refractivity contribution is -0.122. The summed E-state index contributed by atoms with van der Waals surface area (Å²) in [6.45, 7) is 4.94. The van der Waals surface area contributed by atoms with Crippen LogP contribution in [0.15, 0.2) is 41.3 Å². The van der Waals surface area contributed by atoms with Gasteiger partial charge in [-0.1, -0.05) is 42.3 Å². The number of carbonyl (C=O) groups excluding carboxylic acids is 2. The lowest BCUT2D eigenvalue weighted by Crippen LogP contribution is -2.28. The molecule has 2 aromatic rings. The number of halogens is 2. The van der Waals surface area contributed by atoms with Crippen LogP contribution in [0.3, 0.4) is 0 Å². The van der Waals surface area contributed by atoms with E-state index in [4.69, 9.17) is 32.7 Å². The van der Waals surface area contributed by atoms with Gasteiger partial charge in [-0.15, -0.1) is 0 Å². The summed E-state index contributed by atoms with van der Waals surface area (Å²) in [7, 11) is 0. The van der Waals surface area contributed by atoms with E-state index < -0.39 is 0 Å². The van der Waals surface area contributed by atoms with Crippen LogP contribution < -0.4 is 9.47 Å². The standard InChI is InChI=1S/C22H21Cl2NO4S/c1-3-9-25-21(26)20(30-22(25)27)11-14-5-8-18(19(10-14)28-4-2)29-13-15-6-7-16(23)12-17(15)24/h5-8,10-12H,3-4,9,13H2,1-2H3/b20-11+. The van der Waals surface area contributed by atoms with E-state index in [1.165, 1.54) is 4.90 Å². The molecule has 158 valence electrons. The number of imide groups is 1. The predicted octanol–water partition coefficient (Wildman–Crippen LogP) is 6.42. The molecule has 8 heteroatoms. The molecule has 1 heterocycles. The fourth-order valence-electron chi connectivity index (χ4n) is 2.86. The van der Waals surface area contributed by atoms with Crippen molar-refractivity contribution in [3.8, 4) is 11.5 Å². The summed E-state index contributed by atoms with van der Waals surface area (Å²) in [5.74, 6) is 0.839. The van der Waals surface area contributed by atoms with Crippen molar-refractivity contribution in [3.05, 3.63) is 62.5 Å². The first kappa shape index (κ1) is 22.5. The Labute approximate surface area is 189 Å². The van der Waals surface area contributed by atoms with Gasteiger partial charge < -0.3 is 9.47 Å². The zero-order valence-corrected chi connectivity index (χ0v) is 18.9. The van der Waals surface area contributed by atoms with Gasteiger partial charge in [0.15, 0.2) is 11.5 Å². The average molecular weight is 466 g/mol. The van der Waals surface area contributed by atoms with E-state index in [2.05, 4.69) is 0 Å². The van der Waals surface area contributed by atoms with Gasteiger partial charge in [0.2, 0.25) is 0 Å². The van der Waals surface area contributed by atoms with E-state index >= 15 is 0 Å². The molecular weight excluding hydrogens is 445 g/mol. The van der Waals surface area contributed by atoms with Gasteiger partial charge >= 0.3 is 0 Å². The van der Waals surface area contributed by atoms with Crippen molar-refractivity contribution in [1.29, 1.82) is 0 Å². The molecule has 0 bridgehead atoms. The Kier molecular flexibility index (Phi) is 7.69. The lowest BCUT2D eigenvalue weighted by Gasteiger charge is -2.13. The summed E-state index contributed by atoms with van der Waals surface area (Å²) in [6, 6.07) is 10.6. The van der Waals surface area contributed by atoms with Crippen molar-refractivity contribution in [1.82, 2.24) is 4.90 Å². The Morgan fingerprint density at radius 2 is 1.83 bits per heavy atom. The quantitative estimate of drug-likeness (QED) is 0.421. The highest BCUT2D eigenvalue weighted by molar-refractivity contribution is 8.18. The number of thioether (sulfide) groups is 1. The number of ether oxygens (including phenoxy) is 2. The second-order valence-electron chi connectivity index (χ2n) is 6.50. The minimum Gasteiger partial charge on any atom is -0.490 e. The maximum atomic E-state index is 12.4. The highest BCUT2D eigenvalue weighted by Crippen LogP contribution is 2.35. The van der Waals surface area contributed by atoms with Crippen LogP contribution in [0.1, 0.15) is 31.4 Å². The van der Waals surface area contributed by atoms with E-state index in [0.29, 0.717) is 39.6 Å². The zero-order chi connectivity index (χ0) is 21.7. The Hall–Kier alpha value is -2.15. The van der Waals surface area contributed by atoms with Crippen LogP contribution in [-0.4, -0.2) is 29.2 Å². The molecule has 1 aliphatic rings. The summed E-state index contributed by atoms with van der Waals surface area (Å²) in [6.07, 6.45) is 2.42. The van der Waals surface area contributed by atoms with Crippen molar-refractivity contribution in [2.24, 2.45) is 0 Å². The summed E-state index contributed by atoms with van der Waals surface area (Å²) >= 11 is 13.1. The van der Waals surface area contributed by atoms with Crippen LogP contribution in [0.25, 0.3) is 6.08 Å². The smallest absolute Gasteiger partial charge is 0.293 e. The SMILES string of the molecule is CCCN1C(=O)S/C(=C/c2ccc(OCc3ccc(Cl)cc3Cl)c(OCC)c2)C1=O. The Morgan fingerprint density at radius 3 is 2.53 bits per heavy atom. The summed E-state index contributed by atoms with van der Waals surface area (Å²) in [4.78, 5) is 26.1. The van der Waals surface area contributed by atoms with Gasteiger partial charge in [-0.3, -0.25) is 14.5 Å². The summed E-state index contributed by atoms with van der Waals surface area (Å²) in [5.41, 5.74) is 1.55. The molecule has 1 saturated heterocycles. The molecule has 0 saturated carbocycles. The molecular formula is C22H21Cl2NO4S. The van der Waals surface area contributed by atoms with Crippen molar-refractivity contribution < 1.29 is 19.1 Å². The number of benzene rings is 2. The molecule has 30 heavy (non-hydrogen) atoms. The second-order valence-corrected chi connectivity index (χ2v) is 8.33. The first-order valence-electron chi connectivity index (χ1n) is 9.51. The maximum Gasteiger partial charge on any atom is 0.293 e. The van der Waals surface area contributed by atoms with E-state index in [1.54, 1.807) is 30.3 Å². The van der Waals surface area contributed by atoms with E-state index in [1.807, 2.05) is 26.0 Å². The molecule has 0 aliphatic carbocycles. The molecule has 0 N–H and O–H groups in total. The zero-order valence-electron chi connectivity index (χ0n) is 16.6. The largest absolute Gasteiger partial charge is 0.490 e. The topological polar surface area (TPSA) is 55.8 Å². The number of carbonyl (C=O) groups is 2. The molecule has 0 radical (unpaired) electrons. The molecule has 5 nitrogen and oxygen atoms in total. The summed E-state index contributed by atoms with van der Waals surface area (Å²) < 4.78 is 11.6. The molecule has 0 spiro atoms. The minimum absolute atomic E-state index is 0.238. The lowest BCUT2D eigenvalue weighted by atomic mass is 10.1. The van der Waals surface area contributed by atoms with Crippen molar-refractivity contribution >= 4 is 52.2 Å². The van der Waals surface area contributed by atoms with Gasteiger partial charge in [-0.25, -0.2) is 0 Å². The predicted molar refractivity (Wildman–Crippen MR) is 121 cm³/mol. The number of amides is 2. The number of hydrogen-bond acceptors (Lipinski definition) is 5. The highest BCUT2D eigenvalue weighted by Gasteiger charge is 2.34. The third kappa shape index (κ3) is 5.31. The maximum absolute atomic E-state index is 12.4. The molecule has 1 aliphatic heterocycles. The molecule has 0 aromatic heterocycles. The number of nitrogens with zero attached hydrogens (tertiary/aromatic N) is 1. The summed E-state index contributed by atoms with van der Waals surface area (Å²) in [5, 5.41) is 0.851. The van der Waals surface area contributed by atoms with E-state index in [9.17, 15) is 9.59 Å². The normalized spacial score (nSPS) is 15.2. The van der Waals surface area contributed by atoms with Crippen LogP contribution in [-0.2, 0) is 11.4 Å². The Morgan fingerprint density at radius 1 is 1.03 bits per heavy atom. The molecule has 3 rings (SSSR count). The van der Waals surface area contributed by atoms with Gasteiger partial charge in [0.1, 0.15) is 6.61 Å². The highest BCUT2D eigenvalue weighted by atomic mass is 35.5. The molecule has 2 amide bonds. The fraction of sp³-hybridized carbons (Fsp3) is 0.273. The molecule has 1 fully saturated rings. The van der Waals surface area contributed by atoms with E-state index in [0.717, 1.165) is 29.3 Å². The second kappa shape index (κ2) is 10.2. The number of rotatable bonds is 8. The van der Waals surface area contributed by atoms with Gasteiger partial charge in [-0.2, -0.15) is 0 Å². The van der Waals surface area contributed by atoms with Crippen LogP contribution in [0.4, 0.5) is 4.79 Å². The van der Waals surface area contributed by atoms with Crippen molar-refractivity contribution in [2.75, 3.05) is 13.2 Å². The minimum atomic E-state index is -0.262. The van der Waals surface area contributed by atoms with Crippen LogP contribution in [0.5, 0.6) is 11.5 Å². The first-order valence-corrected chi connectivity index (χ1v) is 11.1. The Bertz CT molecular complexity index is 993.